The monoisotopic (exact) mass is 383 g/mol. The molecule has 0 saturated heterocycles. The van der Waals surface area contributed by atoms with Gasteiger partial charge in [-0.2, -0.15) is 0 Å². The van der Waals surface area contributed by atoms with Crippen LogP contribution in [0.15, 0.2) is 30.3 Å². The summed E-state index contributed by atoms with van der Waals surface area (Å²) in [7, 11) is 0. The first kappa shape index (κ1) is 12.6. The van der Waals surface area contributed by atoms with Crippen molar-refractivity contribution in [2.75, 3.05) is 0 Å². The quantitative estimate of drug-likeness (QED) is 0.747. The van der Waals surface area contributed by atoms with E-state index in [0.29, 0.717) is 8.67 Å². The lowest BCUT2D eigenvalue weighted by molar-refractivity contribution is 0.871. The van der Waals surface area contributed by atoms with Gasteiger partial charge in [-0.15, -0.1) is 11.3 Å². The topological polar surface area (TPSA) is 26.0 Å². The highest BCUT2D eigenvalue weighted by Crippen LogP contribution is 2.37. The molecule has 0 saturated carbocycles. The van der Waals surface area contributed by atoms with Crippen molar-refractivity contribution in [3.8, 4) is 0 Å². The molecular weight excluding hydrogens is 376 g/mol. The molecule has 0 aliphatic heterocycles. The second-order valence-electron chi connectivity index (χ2n) is 3.28. The van der Waals surface area contributed by atoms with Crippen molar-refractivity contribution in [2.45, 2.75) is 6.04 Å². The molecule has 1 heterocycles. The number of benzene rings is 1. The Hall–Kier alpha value is 0.190. The van der Waals surface area contributed by atoms with Crippen molar-refractivity contribution in [1.29, 1.82) is 0 Å². The predicted octanol–water partition coefficient (Wildman–Crippen LogP) is 4.71. The molecule has 5 heteroatoms. The Balaban J connectivity index is 2.43. The molecule has 1 nitrogen and oxygen atoms in total. The summed E-state index contributed by atoms with van der Waals surface area (Å²) in [5.41, 5.74) is 8.15. The number of hydrogen-bond donors (Lipinski definition) is 1. The van der Waals surface area contributed by atoms with E-state index >= 15 is 0 Å². The molecule has 0 radical (unpaired) electrons. The van der Waals surface area contributed by atoms with Gasteiger partial charge in [0.25, 0.3) is 0 Å². The smallest absolute Gasteiger partial charge is 0.0995 e. The van der Waals surface area contributed by atoms with Crippen LogP contribution in [0.3, 0.4) is 0 Å². The third-order valence-corrected chi connectivity index (χ3v) is 4.76. The summed E-state index contributed by atoms with van der Waals surface area (Å²) in [4.78, 5) is 0. The number of hydrogen-bond acceptors (Lipinski definition) is 2. The summed E-state index contributed by atoms with van der Waals surface area (Å²) in [6.07, 6.45) is 0. The molecule has 84 valence electrons. The SMILES string of the molecule is NC(c1ccccc1I)c1cc(Cl)sc1Cl. The lowest BCUT2D eigenvalue weighted by Crippen LogP contribution is -2.12. The zero-order valence-corrected chi connectivity index (χ0v) is 12.6. The lowest BCUT2D eigenvalue weighted by atomic mass is 10.0. The van der Waals surface area contributed by atoms with Crippen LogP contribution in [0.5, 0.6) is 0 Å². The molecule has 2 rings (SSSR count). The standard InChI is InChI=1S/C11H8Cl2INS/c12-9-5-7(11(13)16-9)10(15)6-3-1-2-4-8(6)14/h1-5,10H,15H2. The summed E-state index contributed by atoms with van der Waals surface area (Å²) >= 11 is 15.6. The number of halogens is 3. The highest BCUT2D eigenvalue weighted by Gasteiger charge is 2.17. The predicted molar refractivity (Wildman–Crippen MR) is 79.5 cm³/mol. The molecule has 0 bridgehead atoms. The molecule has 2 N–H and O–H groups in total. The molecule has 0 aliphatic rings. The molecule has 16 heavy (non-hydrogen) atoms. The van der Waals surface area contributed by atoms with Gasteiger partial charge in [0.05, 0.1) is 14.7 Å². The Labute approximate surface area is 122 Å². The second kappa shape index (κ2) is 5.23. The van der Waals surface area contributed by atoms with Crippen molar-refractivity contribution in [3.05, 3.63) is 53.7 Å². The van der Waals surface area contributed by atoms with Crippen LogP contribution in [-0.2, 0) is 0 Å². The van der Waals surface area contributed by atoms with E-state index in [2.05, 4.69) is 22.6 Å². The molecule has 2 aromatic rings. The van der Waals surface area contributed by atoms with Gasteiger partial charge in [-0.05, 0) is 40.3 Å². The maximum absolute atomic E-state index is 6.19. The first-order valence-electron chi connectivity index (χ1n) is 4.54. The van der Waals surface area contributed by atoms with Gasteiger partial charge >= 0.3 is 0 Å². The highest BCUT2D eigenvalue weighted by atomic mass is 127. The van der Waals surface area contributed by atoms with Gasteiger partial charge in [0.1, 0.15) is 0 Å². The Morgan fingerprint density at radius 2 is 1.88 bits per heavy atom. The number of nitrogens with two attached hydrogens (primary N) is 1. The maximum atomic E-state index is 6.19. The molecule has 1 unspecified atom stereocenters. The van der Waals surface area contributed by atoms with E-state index in [1.807, 2.05) is 30.3 Å². The molecule has 1 aromatic carbocycles. The molecule has 0 fully saturated rings. The van der Waals surface area contributed by atoms with Crippen LogP contribution in [0.25, 0.3) is 0 Å². The third-order valence-electron chi connectivity index (χ3n) is 2.26. The average Bonchev–Trinajstić information content (AvgIpc) is 2.58. The van der Waals surface area contributed by atoms with Crippen molar-refractivity contribution >= 4 is 57.1 Å². The molecule has 0 amide bonds. The summed E-state index contributed by atoms with van der Waals surface area (Å²) < 4.78 is 2.46. The fourth-order valence-corrected chi connectivity index (χ4v) is 3.73. The van der Waals surface area contributed by atoms with Gasteiger partial charge in [-0.3, -0.25) is 0 Å². The summed E-state index contributed by atoms with van der Waals surface area (Å²) in [6.45, 7) is 0. The average molecular weight is 384 g/mol. The second-order valence-corrected chi connectivity index (χ2v) is 6.73. The Morgan fingerprint density at radius 1 is 1.19 bits per heavy atom. The molecule has 1 atom stereocenters. The highest BCUT2D eigenvalue weighted by molar-refractivity contribution is 14.1. The lowest BCUT2D eigenvalue weighted by Gasteiger charge is -2.12. The van der Waals surface area contributed by atoms with Gasteiger partial charge in [0, 0.05) is 9.13 Å². The van der Waals surface area contributed by atoms with Crippen molar-refractivity contribution in [3.63, 3.8) is 0 Å². The summed E-state index contributed by atoms with van der Waals surface area (Å²) in [6, 6.07) is 9.61. The van der Waals surface area contributed by atoms with E-state index in [9.17, 15) is 0 Å². The van der Waals surface area contributed by atoms with Crippen LogP contribution in [0.2, 0.25) is 8.67 Å². The van der Waals surface area contributed by atoms with E-state index in [4.69, 9.17) is 28.9 Å². The van der Waals surface area contributed by atoms with Crippen LogP contribution in [-0.4, -0.2) is 0 Å². The summed E-state index contributed by atoms with van der Waals surface area (Å²) in [5, 5.41) is 0. The summed E-state index contributed by atoms with van der Waals surface area (Å²) in [5.74, 6) is 0. The molecule has 0 aliphatic carbocycles. The molecular formula is C11H8Cl2INS. The number of rotatable bonds is 2. The van der Waals surface area contributed by atoms with Crippen molar-refractivity contribution in [1.82, 2.24) is 0 Å². The fourth-order valence-electron chi connectivity index (χ4n) is 1.46. The van der Waals surface area contributed by atoms with Crippen LogP contribution in [0.4, 0.5) is 0 Å². The normalized spacial score (nSPS) is 12.8. The third kappa shape index (κ3) is 2.54. The Morgan fingerprint density at radius 3 is 2.44 bits per heavy atom. The van der Waals surface area contributed by atoms with Crippen LogP contribution in [0, 0.1) is 3.57 Å². The van der Waals surface area contributed by atoms with Gasteiger partial charge in [0.15, 0.2) is 0 Å². The van der Waals surface area contributed by atoms with E-state index in [1.54, 1.807) is 0 Å². The van der Waals surface area contributed by atoms with Gasteiger partial charge < -0.3 is 5.73 Å². The Kier molecular flexibility index (Phi) is 4.13. The van der Waals surface area contributed by atoms with E-state index in [-0.39, 0.29) is 6.04 Å². The number of thiophene rings is 1. The zero-order chi connectivity index (χ0) is 11.7. The zero-order valence-electron chi connectivity index (χ0n) is 8.08. The van der Waals surface area contributed by atoms with Gasteiger partial charge in [-0.25, -0.2) is 0 Å². The first-order chi connectivity index (χ1) is 7.59. The van der Waals surface area contributed by atoms with Gasteiger partial charge in [-0.1, -0.05) is 41.4 Å². The largest absolute Gasteiger partial charge is 0.320 e. The van der Waals surface area contributed by atoms with E-state index in [0.717, 1.165) is 14.7 Å². The molecule has 0 spiro atoms. The molecule has 1 aromatic heterocycles. The maximum Gasteiger partial charge on any atom is 0.0995 e. The van der Waals surface area contributed by atoms with Crippen LogP contribution < -0.4 is 5.73 Å². The Bertz CT molecular complexity index is 512. The minimum Gasteiger partial charge on any atom is -0.320 e. The first-order valence-corrected chi connectivity index (χ1v) is 7.19. The van der Waals surface area contributed by atoms with Crippen molar-refractivity contribution in [2.24, 2.45) is 5.73 Å². The minimum absolute atomic E-state index is 0.218. The van der Waals surface area contributed by atoms with Crippen LogP contribution >= 0.6 is 57.1 Å². The minimum atomic E-state index is -0.218. The van der Waals surface area contributed by atoms with E-state index in [1.165, 1.54) is 11.3 Å². The fraction of sp³-hybridized carbons (Fsp3) is 0.0909. The van der Waals surface area contributed by atoms with Crippen LogP contribution in [0.1, 0.15) is 17.2 Å². The van der Waals surface area contributed by atoms with Crippen molar-refractivity contribution < 1.29 is 0 Å². The van der Waals surface area contributed by atoms with Gasteiger partial charge in [0.2, 0.25) is 0 Å². The van der Waals surface area contributed by atoms with E-state index < -0.39 is 0 Å².